The maximum atomic E-state index is 14.1. The lowest BCUT2D eigenvalue weighted by molar-refractivity contribution is 0.0694. The molecule has 0 bridgehead atoms. The molecule has 0 radical (unpaired) electrons. The molecule has 1 fully saturated rings. The molecule has 0 spiro atoms. The smallest absolute Gasteiger partial charge is 0.281 e. The van der Waals surface area contributed by atoms with Gasteiger partial charge in [-0.1, -0.05) is 41.1 Å². The largest absolute Gasteiger partial charge is 0.338 e. The highest BCUT2D eigenvalue weighted by Gasteiger charge is 2.30. The van der Waals surface area contributed by atoms with Gasteiger partial charge in [-0.05, 0) is 37.5 Å². The van der Waals surface area contributed by atoms with Crippen molar-refractivity contribution < 1.29 is 13.6 Å². The van der Waals surface area contributed by atoms with Crippen LogP contribution in [0.15, 0.2) is 47.3 Å². The van der Waals surface area contributed by atoms with Crippen molar-refractivity contribution in [2.75, 3.05) is 13.1 Å². The first kappa shape index (κ1) is 21.9. The number of rotatable bonds is 4. The van der Waals surface area contributed by atoms with E-state index in [1.807, 2.05) is 31.2 Å². The first-order chi connectivity index (χ1) is 16.4. The number of aromatic nitrogens is 5. The molecule has 8 nitrogen and oxygen atoms in total. The van der Waals surface area contributed by atoms with Crippen molar-refractivity contribution >= 4 is 17.1 Å². The van der Waals surface area contributed by atoms with Crippen LogP contribution in [-0.2, 0) is 6.54 Å². The van der Waals surface area contributed by atoms with Gasteiger partial charge in [0.15, 0.2) is 11.2 Å². The maximum absolute atomic E-state index is 14.1. The lowest BCUT2D eigenvalue weighted by Crippen LogP contribution is -2.40. The first-order valence-corrected chi connectivity index (χ1v) is 11.0. The Kier molecular flexibility index (Phi) is 5.64. The maximum Gasteiger partial charge on any atom is 0.281 e. The van der Waals surface area contributed by atoms with E-state index in [0.717, 1.165) is 23.3 Å². The van der Waals surface area contributed by atoms with E-state index in [2.05, 4.69) is 20.3 Å². The number of carbonyl (C=O) groups excluding carboxylic acids is 1. The van der Waals surface area contributed by atoms with Gasteiger partial charge in [-0.2, -0.15) is 0 Å². The number of aromatic amines is 1. The summed E-state index contributed by atoms with van der Waals surface area (Å²) in [7, 11) is 0. The average Bonchev–Trinajstić information content (AvgIpc) is 3.23. The number of aryl methyl sites for hydroxylation is 1. The number of nitrogens with zero attached hydrogens (tertiary/aromatic N) is 5. The van der Waals surface area contributed by atoms with E-state index in [1.165, 1.54) is 11.0 Å². The summed E-state index contributed by atoms with van der Waals surface area (Å²) in [5.74, 6) is -2.41. The Morgan fingerprint density at radius 3 is 2.62 bits per heavy atom. The summed E-state index contributed by atoms with van der Waals surface area (Å²) in [5.41, 5.74) is 1.62. The van der Waals surface area contributed by atoms with Crippen molar-refractivity contribution in [2.24, 2.45) is 0 Å². The fourth-order valence-electron chi connectivity index (χ4n) is 4.29. The highest BCUT2D eigenvalue weighted by molar-refractivity contribution is 5.94. The summed E-state index contributed by atoms with van der Waals surface area (Å²) in [4.78, 5) is 34.3. The number of likely N-dealkylation sites (tertiary alicyclic amines) is 1. The molecule has 174 valence electrons. The number of amides is 1. The molecule has 1 saturated heterocycles. The topological polar surface area (TPSA) is 96.8 Å². The molecule has 0 saturated carbocycles. The van der Waals surface area contributed by atoms with Gasteiger partial charge in [0.2, 0.25) is 0 Å². The molecule has 34 heavy (non-hydrogen) atoms. The minimum atomic E-state index is -0.897. The zero-order valence-corrected chi connectivity index (χ0v) is 18.5. The average molecular weight is 464 g/mol. The summed E-state index contributed by atoms with van der Waals surface area (Å²) < 4.78 is 29.9. The summed E-state index contributed by atoms with van der Waals surface area (Å²) >= 11 is 0. The number of carbonyl (C=O) groups is 1. The zero-order chi connectivity index (χ0) is 23.8. The molecule has 1 atom stereocenters. The summed E-state index contributed by atoms with van der Waals surface area (Å²) in [6, 6.07) is 11.3. The van der Waals surface area contributed by atoms with Crippen LogP contribution in [0.2, 0.25) is 0 Å². The van der Waals surface area contributed by atoms with Gasteiger partial charge in [0.05, 0.1) is 6.54 Å². The standard InChI is InChI=1S/C24H22F2N6O2/c1-14-7-9-15(10-8-14)12-32-22-20(29-30-32)23(33)28-21(27-22)16-4-3-11-31(13-16)24(34)19-17(25)5-2-6-18(19)26/h2,5-10,16H,3-4,11-13H2,1H3,(H,27,28,33)/t16-/m1/s1. The van der Waals surface area contributed by atoms with Gasteiger partial charge < -0.3 is 9.88 Å². The number of piperidine rings is 1. The van der Waals surface area contributed by atoms with Crippen LogP contribution in [0.1, 0.15) is 46.1 Å². The van der Waals surface area contributed by atoms with Crippen LogP contribution in [0, 0.1) is 18.6 Å². The number of hydrogen-bond acceptors (Lipinski definition) is 5. The van der Waals surface area contributed by atoms with Crippen LogP contribution >= 0.6 is 0 Å². The second-order valence-electron chi connectivity index (χ2n) is 8.54. The molecule has 1 amide bonds. The summed E-state index contributed by atoms with van der Waals surface area (Å²) in [6.45, 7) is 2.94. The van der Waals surface area contributed by atoms with E-state index >= 15 is 0 Å². The van der Waals surface area contributed by atoms with Crippen LogP contribution in [0.3, 0.4) is 0 Å². The van der Waals surface area contributed by atoms with Crippen LogP contribution in [0.5, 0.6) is 0 Å². The van der Waals surface area contributed by atoms with Gasteiger partial charge in [0.25, 0.3) is 11.5 Å². The number of hydrogen-bond donors (Lipinski definition) is 1. The quantitative estimate of drug-likeness (QED) is 0.501. The third-order valence-corrected chi connectivity index (χ3v) is 6.12. The molecule has 1 aliphatic heterocycles. The monoisotopic (exact) mass is 464 g/mol. The molecule has 0 unspecified atom stereocenters. The predicted octanol–water partition coefficient (Wildman–Crippen LogP) is 3.17. The minimum absolute atomic E-state index is 0.132. The van der Waals surface area contributed by atoms with Gasteiger partial charge in [0, 0.05) is 19.0 Å². The van der Waals surface area contributed by atoms with Gasteiger partial charge in [-0.3, -0.25) is 9.59 Å². The van der Waals surface area contributed by atoms with Crippen LogP contribution < -0.4 is 5.56 Å². The van der Waals surface area contributed by atoms with Crippen LogP contribution in [0.25, 0.3) is 11.2 Å². The minimum Gasteiger partial charge on any atom is -0.338 e. The van der Waals surface area contributed by atoms with Crippen molar-refractivity contribution in [3.05, 3.63) is 87.0 Å². The van der Waals surface area contributed by atoms with Crippen molar-refractivity contribution in [3.63, 3.8) is 0 Å². The Labute approximate surface area is 193 Å². The number of benzene rings is 2. The summed E-state index contributed by atoms with van der Waals surface area (Å²) in [6.07, 6.45) is 1.27. The van der Waals surface area contributed by atoms with E-state index < -0.39 is 28.7 Å². The molecular formula is C24H22F2N6O2. The Morgan fingerprint density at radius 2 is 1.88 bits per heavy atom. The number of fused-ring (bicyclic) bond motifs is 1. The fraction of sp³-hybridized carbons (Fsp3) is 0.292. The predicted molar refractivity (Wildman–Crippen MR) is 120 cm³/mol. The Bertz CT molecular complexity index is 1410. The van der Waals surface area contributed by atoms with Gasteiger partial charge in [-0.25, -0.2) is 18.4 Å². The van der Waals surface area contributed by atoms with Crippen molar-refractivity contribution in [1.29, 1.82) is 0 Å². The lowest BCUT2D eigenvalue weighted by Gasteiger charge is -2.32. The molecule has 3 heterocycles. The van der Waals surface area contributed by atoms with Crippen molar-refractivity contribution in [2.45, 2.75) is 32.2 Å². The normalized spacial score (nSPS) is 16.2. The highest BCUT2D eigenvalue weighted by atomic mass is 19.1. The lowest BCUT2D eigenvalue weighted by atomic mass is 9.96. The van der Waals surface area contributed by atoms with E-state index in [0.29, 0.717) is 37.4 Å². The SMILES string of the molecule is Cc1ccc(Cn2nnc3c(=O)[nH]c([C@@H]4CCCN(C(=O)c5c(F)cccc5F)C4)nc32)cc1. The van der Waals surface area contributed by atoms with Gasteiger partial charge in [-0.15, -0.1) is 5.10 Å². The van der Waals surface area contributed by atoms with Crippen LogP contribution in [-0.4, -0.2) is 48.9 Å². The first-order valence-electron chi connectivity index (χ1n) is 11.0. The van der Waals surface area contributed by atoms with Gasteiger partial charge in [0.1, 0.15) is 23.0 Å². The molecule has 5 rings (SSSR count). The number of halogens is 2. The summed E-state index contributed by atoms with van der Waals surface area (Å²) in [5, 5.41) is 8.08. The number of H-pyrrole nitrogens is 1. The fourth-order valence-corrected chi connectivity index (χ4v) is 4.29. The Hall–Kier alpha value is -3.95. The molecule has 2 aromatic heterocycles. The van der Waals surface area contributed by atoms with Crippen molar-refractivity contribution in [1.82, 2.24) is 29.9 Å². The molecule has 4 aromatic rings. The number of nitrogens with one attached hydrogen (secondary N) is 1. The van der Waals surface area contributed by atoms with E-state index in [4.69, 9.17) is 0 Å². The zero-order valence-electron chi connectivity index (χ0n) is 18.5. The second kappa shape index (κ2) is 8.77. The highest BCUT2D eigenvalue weighted by Crippen LogP contribution is 2.27. The molecule has 1 aliphatic rings. The van der Waals surface area contributed by atoms with Crippen molar-refractivity contribution in [3.8, 4) is 0 Å². The van der Waals surface area contributed by atoms with Crippen LogP contribution in [0.4, 0.5) is 8.78 Å². The molecular weight excluding hydrogens is 442 g/mol. The van der Waals surface area contributed by atoms with E-state index in [-0.39, 0.29) is 18.0 Å². The second-order valence-corrected chi connectivity index (χ2v) is 8.54. The molecule has 0 aliphatic carbocycles. The Morgan fingerprint density at radius 1 is 1.15 bits per heavy atom. The molecule has 2 aromatic carbocycles. The third-order valence-electron chi connectivity index (χ3n) is 6.12. The third kappa shape index (κ3) is 4.07. The van der Waals surface area contributed by atoms with E-state index in [9.17, 15) is 18.4 Å². The Balaban J connectivity index is 1.44. The van der Waals surface area contributed by atoms with Gasteiger partial charge >= 0.3 is 0 Å². The van der Waals surface area contributed by atoms with E-state index in [1.54, 1.807) is 4.68 Å². The molecule has 10 heteroatoms. The molecule has 1 N–H and O–H groups in total.